The van der Waals surface area contributed by atoms with Crippen molar-refractivity contribution in [3.05, 3.63) is 61.2 Å². The fraction of sp³-hybridized carbons (Fsp3) is 0.167. The molecular weight excluding hydrogens is 172 g/mol. The molecular formula is C12H16N2+2. The van der Waals surface area contributed by atoms with Gasteiger partial charge in [0, 0.05) is 24.3 Å². The van der Waals surface area contributed by atoms with Crippen LogP contribution in [0.2, 0.25) is 0 Å². The highest BCUT2D eigenvalue weighted by Crippen LogP contribution is 1.77. The highest BCUT2D eigenvalue weighted by Gasteiger charge is 2.03. The molecule has 72 valence electrons. The first-order valence-corrected chi connectivity index (χ1v) is 4.33. The van der Waals surface area contributed by atoms with Crippen molar-refractivity contribution in [2.24, 2.45) is 0 Å². The SMILES string of the molecule is C.c1cc[n+](C[n+]2ccccc2)cc1. The van der Waals surface area contributed by atoms with Gasteiger partial charge in [0.2, 0.25) is 0 Å². The van der Waals surface area contributed by atoms with Crippen molar-refractivity contribution >= 4 is 0 Å². The fourth-order valence-corrected chi connectivity index (χ4v) is 1.25. The van der Waals surface area contributed by atoms with E-state index in [1.54, 1.807) is 0 Å². The second-order valence-corrected chi connectivity index (χ2v) is 2.92. The van der Waals surface area contributed by atoms with Gasteiger partial charge in [0.15, 0.2) is 24.8 Å². The third-order valence-electron chi connectivity index (χ3n) is 1.88. The van der Waals surface area contributed by atoms with Crippen molar-refractivity contribution in [1.29, 1.82) is 0 Å². The third-order valence-corrected chi connectivity index (χ3v) is 1.88. The minimum Gasteiger partial charge on any atom is -0.147 e. The number of nitrogens with zero attached hydrogens (tertiary/aromatic N) is 2. The van der Waals surface area contributed by atoms with Crippen LogP contribution in [0.25, 0.3) is 0 Å². The minimum absolute atomic E-state index is 0. The maximum atomic E-state index is 2.12. The van der Waals surface area contributed by atoms with Crippen LogP contribution in [-0.2, 0) is 6.67 Å². The topological polar surface area (TPSA) is 7.76 Å². The van der Waals surface area contributed by atoms with E-state index in [4.69, 9.17) is 0 Å². The Balaban J connectivity index is 0.000000980. The molecule has 0 saturated heterocycles. The van der Waals surface area contributed by atoms with Gasteiger partial charge in [0.25, 0.3) is 0 Å². The number of pyridine rings is 2. The Morgan fingerprint density at radius 2 is 0.929 bits per heavy atom. The van der Waals surface area contributed by atoms with E-state index in [1.807, 2.05) is 36.4 Å². The maximum Gasteiger partial charge on any atom is 0.343 e. The minimum atomic E-state index is 0. The molecule has 0 aliphatic rings. The van der Waals surface area contributed by atoms with Crippen molar-refractivity contribution in [2.75, 3.05) is 0 Å². The van der Waals surface area contributed by atoms with Crippen LogP contribution < -0.4 is 9.13 Å². The van der Waals surface area contributed by atoms with Gasteiger partial charge in [0.05, 0.1) is 0 Å². The lowest BCUT2D eigenvalue weighted by molar-refractivity contribution is -0.913. The smallest absolute Gasteiger partial charge is 0.147 e. The van der Waals surface area contributed by atoms with E-state index in [0.717, 1.165) is 6.67 Å². The molecule has 0 bridgehead atoms. The number of aromatic nitrogens is 2. The number of hydrogen-bond acceptors (Lipinski definition) is 0. The average Bonchev–Trinajstić information content (AvgIpc) is 2.21. The van der Waals surface area contributed by atoms with Gasteiger partial charge >= 0.3 is 6.67 Å². The lowest BCUT2D eigenvalue weighted by Crippen LogP contribution is -2.50. The molecule has 0 atom stereocenters. The van der Waals surface area contributed by atoms with E-state index in [2.05, 4.69) is 33.9 Å². The summed E-state index contributed by atoms with van der Waals surface area (Å²) >= 11 is 0. The Hall–Kier alpha value is -1.70. The molecule has 0 aliphatic carbocycles. The predicted octanol–water partition coefficient (Wildman–Crippen LogP) is 1.40. The molecule has 0 unspecified atom stereocenters. The summed E-state index contributed by atoms with van der Waals surface area (Å²) < 4.78 is 4.25. The van der Waals surface area contributed by atoms with Crippen molar-refractivity contribution < 1.29 is 9.13 Å². The lowest BCUT2D eigenvalue weighted by Gasteiger charge is -1.91. The first kappa shape index (κ1) is 10.4. The molecule has 2 heteroatoms. The first-order valence-electron chi connectivity index (χ1n) is 4.33. The van der Waals surface area contributed by atoms with Gasteiger partial charge in [-0.15, -0.1) is 9.13 Å². The first-order chi connectivity index (χ1) is 6.45. The summed E-state index contributed by atoms with van der Waals surface area (Å²) in [7, 11) is 0. The lowest BCUT2D eigenvalue weighted by atomic mass is 10.5. The molecule has 2 rings (SSSR count). The summed E-state index contributed by atoms with van der Waals surface area (Å²) in [5.74, 6) is 0. The summed E-state index contributed by atoms with van der Waals surface area (Å²) in [6.07, 6.45) is 8.22. The van der Waals surface area contributed by atoms with Crippen LogP contribution in [0.3, 0.4) is 0 Å². The highest BCUT2D eigenvalue weighted by molar-refractivity contribution is 4.84. The van der Waals surface area contributed by atoms with Crippen LogP contribution in [-0.4, -0.2) is 0 Å². The highest BCUT2D eigenvalue weighted by atomic mass is 15.1. The molecule has 2 aromatic heterocycles. The van der Waals surface area contributed by atoms with E-state index < -0.39 is 0 Å². The predicted molar refractivity (Wildman–Crippen MR) is 55.4 cm³/mol. The summed E-state index contributed by atoms with van der Waals surface area (Å²) in [4.78, 5) is 0. The van der Waals surface area contributed by atoms with E-state index in [1.165, 1.54) is 0 Å². The van der Waals surface area contributed by atoms with Crippen LogP contribution in [0.5, 0.6) is 0 Å². The molecule has 2 nitrogen and oxygen atoms in total. The number of rotatable bonds is 2. The van der Waals surface area contributed by atoms with Crippen molar-refractivity contribution in [3.63, 3.8) is 0 Å². The molecule has 2 aromatic rings. The molecule has 0 N–H and O–H groups in total. The van der Waals surface area contributed by atoms with Crippen LogP contribution in [0.15, 0.2) is 61.2 Å². The molecule has 0 amide bonds. The van der Waals surface area contributed by atoms with Crippen LogP contribution in [0.1, 0.15) is 7.43 Å². The summed E-state index contributed by atoms with van der Waals surface area (Å²) in [6, 6.07) is 12.2. The van der Waals surface area contributed by atoms with E-state index in [-0.39, 0.29) is 7.43 Å². The summed E-state index contributed by atoms with van der Waals surface area (Å²) in [6.45, 7) is 0.863. The van der Waals surface area contributed by atoms with Gasteiger partial charge in [-0.1, -0.05) is 19.6 Å². The van der Waals surface area contributed by atoms with Gasteiger partial charge < -0.3 is 0 Å². The molecule has 0 aromatic carbocycles. The fourth-order valence-electron chi connectivity index (χ4n) is 1.25. The molecule has 0 radical (unpaired) electrons. The molecule has 14 heavy (non-hydrogen) atoms. The van der Waals surface area contributed by atoms with Gasteiger partial charge in [-0.3, -0.25) is 0 Å². The Kier molecular flexibility index (Phi) is 3.80. The normalized spacial score (nSPS) is 9.14. The quantitative estimate of drug-likeness (QED) is 0.629. The molecule has 0 saturated carbocycles. The van der Waals surface area contributed by atoms with E-state index in [0.29, 0.717) is 0 Å². The van der Waals surface area contributed by atoms with Crippen molar-refractivity contribution in [1.82, 2.24) is 0 Å². The largest absolute Gasteiger partial charge is 0.343 e. The second kappa shape index (κ2) is 5.12. The Morgan fingerprint density at radius 1 is 0.571 bits per heavy atom. The van der Waals surface area contributed by atoms with Gasteiger partial charge in [-0.2, -0.15) is 0 Å². The Labute approximate surface area is 85.1 Å². The van der Waals surface area contributed by atoms with Crippen molar-refractivity contribution in [3.8, 4) is 0 Å². The molecule has 2 heterocycles. The standard InChI is InChI=1S/C11H12N2.CH4/c1-3-7-12(8-4-1)11-13-9-5-2-6-10-13;/h1-10H,11H2;1H4/q+2;. The number of hydrogen-bond donors (Lipinski definition) is 0. The zero-order chi connectivity index (χ0) is 8.93. The van der Waals surface area contributed by atoms with E-state index >= 15 is 0 Å². The summed E-state index contributed by atoms with van der Waals surface area (Å²) in [5.41, 5.74) is 0. The monoisotopic (exact) mass is 188 g/mol. The summed E-state index contributed by atoms with van der Waals surface area (Å²) in [5, 5.41) is 0. The van der Waals surface area contributed by atoms with Crippen LogP contribution >= 0.6 is 0 Å². The third kappa shape index (κ3) is 2.66. The Morgan fingerprint density at radius 3 is 1.29 bits per heavy atom. The van der Waals surface area contributed by atoms with Gasteiger partial charge in [-0.05, 0) is 0 Å². The van der Waals surface area contributed by atoms with Crippen LogP contribution in [0, 0.1) is 0 Å². The zero-order valence-electron chi connectivity index (χ0n) is 7.38. The molecule has 0 spiro atoms. The molecule has 0 aliphatic heterocycles. The van der Waals surface area contributed by atoms with Crippen LogP contribution in [0.4, 0.5) is 0 Å². The Bertz CT molecular complexity index is 319. The van der Waals surface area contributed by atoms with E-state index in [9.17, 15) is 0 Å². The average molecular weight is 188 g/mol. The zero-order valence-corrected chi connectivity index (χ0v) is 7.38. The van der Waals surface area contributed by atoms with Crippen molar-refractivity contribution in [2.45, 2.75) is 14.1 Å². The van der Waals surface area contributed by atoms with Gasteiger partial charge in [0.1, 0.15) is 0 Å². The van der Waals surface area contributed by atoms with Gasteiger partial charge in [-0.25, -0.2) is 0 Å². The maximum absolute atomic E-state index is 2.12. The second-order valence-electron chi connectivity index (χ2n) is 2.92. The molecule has 0 fully saturated rings.